The fourth-order valence-electron chi connectivity index (χ4n) is 3.32. The molecule has 102 valence electrons. The van der Waals surface area contributed by atoms with Gasteiger partial charge in [0.25, 0.3) is 6.71 Å². The number of hydrogen-bond acceptors (Lipinski definition) is 3. The van der Waals surface area contributed by atoms with Crippen molar-refractivity contribution < 1.29 is 14.2 Å². The van der Waals surface area contributed by atoms with Crippen LogP contribution in [0.4, 0.5) is 0 Å². The van der Waals surface area contributed by atoms with E-state index in [1.165, 1.54) is 16.4 Å². The van der Waals surface area contributed by atoms with Crippen molar-refractivity contribution in [3.05, 3.63) is 54.6 Å². The Morgan fingerprint density at radius 2 is 0.864 bits per heavy atom. The lowest BCUT2D eigenvalue weighted by Crippen LogP contribution is -2.50. The fraction of sp³-hybridized carbons (Fsp3) is 0. The molecule has 3 nitrogen and oxygen atoms in total. The molecule has 0 fully saturated rings. The summed E-state index contributed by atoms with van der Waals surface area (Å²) in [4.78, 5) is 0. The molecule has 0 saturated heterocycles. The van der Waals surface area contributed by atoms with Gasteiger partial charge in [-0.2, -0.15) is 0 Å². The highest BCUT2D eigenvalue weighted by Crippen LogP contribution is 2.47. The molecule has 0 atom stereocenters. The van der Waals surface area contributed by atoms with Crippen molar-refractivity contribution in [3.8, 4) is 34.5 Å². The van der Waals surface area contributed by atoms with Crippen molar-refractivity contribution >= 4 is 23.1 Å². The Balaban J connectivity index is 1.62. The van der Waals surface area contributed by atoms with Gasteiger partial charge in [-0.3, -0.25) is 0 Å². The smallest absolute Gasteiger partial charge is 0.256 e. The van der Waals surface area contributed by atoms with Crippen molar-refractivity contribution in [2.45, 2.75) is 0 Å². The zero-order chi connectivity index (χ0) is 14.3. The second kappa shape index (κ2) is 3.47. The first-order chi connectivity index (χ1) is 10.9. The van der Waals surface area contributed by atoms with Crippen LogP contribution in [0, 0.1) is 0 Å². The third-order valence-electron chi connectivity index (χ3n) is 4.47. The fourth-order valence-corrected chi connectivity index (χ4v) is 3.32. The number of benzene rings is 3. The Morgan fingerprint density at radius 3 is 1.23 bits per heavy atom. The first kappa shape index (κ1) is 10.8. The summed E-state index contributed by atoms with van der Waals surface area (Å²) < 4.78 is 16.9. The Hall–Kier alpha value is -2.88. The number of ether oxygens (including phenoxy) is 3. The van der Waals surface area contributed by atoms with Gasteiger partial charge in [0.05, 0.1) is 0 Å². The SMILES string of the molecule is c1cc2c(c(B(c3cccc4c3O4)c3cccc4c3O4)c1)O2. The maximum Gasteiger partial charge on any atom is 0.256 e. The highest BCUT2D eigenvalue weighted by atomic mass is 16.6. The lowest BCUT2D eigenvalue weighted by Gasteiger charge is -2.11. The summed E-state index contributed by atoms with van der Waals surface area (Å²) in [6.07, 6.45) is 0. The third kappa shape index (κ3) is 1.36. The molecule has 0 saturated carbocycles. The van der Waals surface area contributed by atoms with Gasteiger partial charge in [0.1, 0.15) is 0 Å². The molecule has 3 heterocycles. The predicted molar refractivity (Wildman–Crippen MR) is 84.2 cm³/mol. The number of para-hydroxylation sites is 3. The van der Waals surface area contributed by atoms with Crippen LogP contribution in [-0.2, 0) is 0 Å². The van der Waals surface area contributed by atoms with Crippen LogP contribution < -0.4 is 30.6 Å². The third-order valence-corrected chi connectivity index (χ3v) is 4.47. The Kier molecular flexibility index (Phi) is 1.70. The maximum absolute atomic E-state index is 5.62. The van der Waals surface area contributed by atoms with Gasteiger partial charge in [0, 0.05) is 0 Å². The molecule has 0 spiro atoms. The normalized spacial score (nSPS) is 13.6. The zero-order valence-electron chi connectivity index (χ0n) is 11.5. The van der Waals surface area contributed by atoms with Gasteiger partial charge in [0.2, 0.25) is 0 Å². The van der Waals surface area contributed by atoms with Crippen LogP contribution in [0.3, 0.4) is 0 Å². The molecule has 0 N–H and O–H groups in total. The van der Waals surface area contributed by atoms with Crippen molar-refractivity contribution in [2.24, 2.45) is 0 Å². The van der Waals surface area contributed by atoms with E-state index >= 15 is 0 Å². The highest BCUT2D eigenvalue weighted by molar-refractivity contribution is 6.97. The average molecular weight is 284 g/mol. The van der Waals surface area contributed by atoms with Crippen LogP contribution >= 0.6 is 0 Å². The van der Waals surface area contributed by atoms with Crippen molar-refractivity contribution in [2.75, 3.05) is 0 Å². The Labute approximate surface area is 127 Å². The first-order valence-electron chi connectivity index (χ1n) is 7.32. The van der Waals surface area contributed by atoms with E-state index in [0.29, 0.717) is 0 Å². The summed E-state index contributed by atoms with van der Waals surface area (Å²) in [5.41, 5.74) is 3.51. The summed E-state index contributed by atoms with van der Waals surface area (Å²) in [7, 11) is 0. The topological polar surface area (TPSA) is 37.6 Å². The molecule has 0 bridgehead atoms. The van der Waals surface area contributed by atoms with Crippen LogP contribution in [0.1, 0.15) is 0 Å². The second-order valence-corrected chi connectivity index (χ2v) is 5.76. The molecule has 0 aromatic heterocycles. The molecule has 22 heavy (non-hydrogen) atoms. The molecule has 0 amide bonds. The minimum atomic E-state index is 0.0762. The second-order valence-electron chi connectivity index (χ2n) is 5.76. The Bertz CT molecular complexity index is 853. The van der Waals surface area contributed by atoms with E-state index in [9.17, 15) is 0 Å². The quantitative estimate of drug-likeness (QED) is 0.370. The van der Waals surface area contributed by atoms with Crippen LogP contribution in [0.5, 0.6) is 34.5 Å². The van der Waals surface area contributed by atoms with E-state index in [4.69, 9.17) is 14.2 Å². The van der Waals surface area contributed by atoms with Gasteiger partial charge in [-0.1, -0.05) is 36.4 Å². The summed E-state index contributed by atoms with van der Waals surface area (Å²) >= 11 is 0. The van der Waals surface area contributed by atoms with Crippen molar-refractivity contribution in [1.82, 2.24) is 0 Å². The van der Waals surface area contributed by atoms with Crippen LogP contribution in [0.25, 0.3) is 0 Å². The zero-order valence-corrected chi connectivity index (χ0v) is 11.5. The monoisotopic (exact) mass is 284 g/mol. The van der Waals surface area contributed by atoms with E-state index in [1.54, 1.807) is 0 Å². The standard InChI is InChI=1S/C18H9BO3/c1-4-10(16-13(7-1)20-16)19(11-5-2-8-14-17(11)21-14)12-6-3-9-15-18(12)22-15/h1-9H. The van der Waals surface area contributed by atoms with E-state index < -0.39 is 0 Å². The van der Waals surface area contributed by atoms with E-state index in [-0.39, 0.29) is 6.71 Å². The van der Waals surface area contributed by atoms with Crippen molar-refractivity contribution in [1.29, 1.82) is 0 Å². The molecule has 3 aliphatic heterocycles. The van der Waals surface area contributed by atoms with Gasteiger partial charge >= 0.3 is 0 Å². The van der Waals surface area contributed by atoms with E-state index in [2.05, 4.69) is 18.2 Å². The van der Waals surface area contributed by atoms with E-state index in [1.807, 2.05) is 36.4 Å². The molecule has 0 radical (unpaired) electrons. The minimum Gasteiger partial charge on any atom is -0.450 e. The largest absolute Gasteiger partial charge is 0.450 e. The first-order valence-corrected chi connectivity index (χ1v) is 7.32. The van der Waals surface area contributed by atoms with Crippen LogP contribution in [-0.4, -0.2) is 6.71 Å². The van der Waals surface area contributed by atoms with E-state index in [0.717, 1.165) is 34.5 Å². The van der Waals surface area contributed by atoms with Gasteiger partial charge in [-0.25, -0.2) is 0 Å². The molecule has 0 unspecified atom stereocenters. The highest BCUT2D eigenvalue weighted by Gasteiger charge is 2.41. The van der Waals surface area contributed by atoms with Gasteiger partial charge in [-0.05, 0) is 34.6 Å². The lowest BCUT2D eigenvalue weighted by atomic mass is 9.36. The number of fused-ring (bicyclic) bond motifs is 3. The molecule has 3 aromatic rings. The molecule has 3 aliphatic rings. The predicted octanol–water partition coefficient (Wildman–Crippen LogP) is 2.52. The van der Waals surface area contributed by atoms with Crippen molar-refractivity contribution in [3.63, 3.8) is 0 Å². The molecular formula is C18H9BO3. The van der Waals surface area contributed by atoms with Gasteiger partial charge in [-0.15, -0.1) is 0 Å². The minimum absolute atomic E-state index is 0.0762. The summed E-state index contributed by atoms with van der Waals surface area (Å²) in [6, 6.07) is 18.5. The molecule has 3 aromatic carbocycles. The number of hydrogen-bond donors (Lipinski definition) is 0. The molecule has 6 rings (SSSR count). The van der Waals surface area contributed by atoms with Gasteiger partial charge in [0.15, 0.2) is 34.5 Å². The average Bonchev–Trinajstić information content (AvgIpc) is 3.42. The molecule has 4 heteroatoms. The summed E-state index contributed by atoms with van der Waals surface area (Å²) in [5.74, 6) is 5.88. The summed E-state index contributed by atoms with van der Waals surface area (Å²) in [5, 5.41) is 0. The summed E-state index contributed by atoms with van der Waals surface area (Å²) in [6.45, 7) is 0.0762. The van der Waals surface area contributed by atoms with Crippen LogP contribution in [0.2, 0.25) is 0 Å². The maximum atomic E-state index is 5.62. The molecule has 0 aliphatic carbocycles. The Morgan fingerprint density at radius 1 is 0.500 bits per heavy atom. The van der Waals surface area contributed by atoms with Crippen LogP contribution in [0.15, 0.2) is 54.6 Å². The lowest BCUT2D eigenvalue weighted by molar-refractivity contribution is 0.651. The molecular weight excluding hydrogens is 275 g/mol. The number of rotatable bonds is 3. The van der Waals surface area contributed by atoms with Gasteiger partial charge < -0.3 is 14.2 Å².